The third-order valence-corrected chi connectivity index (χ3v) is 10.8. The van der Waals surface area contributed by atoms with E-state index in [0.717, 1.165) is 60.8 Å². The lowest BCUT2D eigenvalue weighted by Crippen LogP contribution is -1.94. The van der Waals surface area contributed by atoms with Gasteiger partial charge in [0.05, 0.1) is 22.1 Å². The van der Waals surface area contributed by atoms with Crippen LogP contribution in [0.3, 0.4) is 0 Å². The molecule has 0 spiro atoms. The number of nitrogens with zero attached hydrogens (tertiary/aromatic N) is 3. The fourth-order valence-corrected chi connectivity index (χ4v) is 8.11. The maximum Gasteiger partial charge on any atom is 0.0702 e. The average Bonchev–Trinajstić information content (AvgIpc) is 3.56. The maximum absolute atomic E-state index is 4.78. The molecule has 8 aromatic carbocycles. The Bertz CT molecular complexity index is 3090. The van der Waals surface area contributed by atoms with Crippen LogP contribution >= 0.6 is 0 Å². The normalized spacial score (nSPS) is 11.8. The van der Waals surface area contributed by atoms with Gasteiger partial charge in [0.1, 0.15) is 0 Å². The van der Waals surface area contributed by atoms with E-state index in [-0.39, 0.29) is 0 Å². The lowest BCUT2D eigenvalue weighted by Gasteiger charge is -2.11. The molecule has 0 saturated heterocycles. The van der Waals surface area contributed by atoms with Crippen LogP contribution in [0.15, 0.2) is 188 Å². The second kappa shape index (κ2) is 11.7. The molecule has 0 aliphatic heterocycles. The highest BCUT2D eigenvalue weighted by molar-refractivity contribution is 6.12. The van der Waals surface area contributed by atoms with Crippen molar-refractivity contribution in [1.29, 1.82) is 0 Å². The van der Waals surface area contributed by atoms with Gasteiger partial charge in [0.2, 0.25) is 0 Å². The molecule has 3 heteroatoms. The average molecular weight is 674 g/mol. The molecule has 0 atom stereocenters. The zero-order valence-corrected chi connectivity index (χ0v) is 28.7. The molecule has 246 valence electrons. The zero-order valence-electron chi connectivity index (χ0n) is 28.7. The van der Waals surface area contributed by atoms with Crippen molar-refractivity contribution in [3.05, 3.63) is 188 Å². The molecule has 0 N–H and O–H groups in total. The fraction of sp³-hybridized carbons (Fsp3) is 0. The first-order valence-electron chi connectivity index (χ1n) is 18.0. The summed E-state index contributed by atoms with van der Waals surface area (Å²) in [6.45, 7) is 0. The summed E-state index contributed by atoms with van der Waals surface area (Å²) in [5.41, 5.74) is 12.4. The summed E-state index contributed by atoms with van der Waals surface area (Å²) in [6, 6.07) is 63.6. The first-order valence-corrected chi connectivity index (χ1v) is 18.0. The minimum atomic E-state index is 1.00. The van der Waals surface area contributed by atoms with Crippen LogP contribution in [0, 0.1) is 0 Å². The van der Waals surface area contributed by atoms with E-state index in [1.165, 1.54) is 43.4 Å². The van der Waals surface area contributed by atoms with Gasteiger partial charge in [0, 0.05) is 50.8 Å². The fourth-order valence-electron chi connectivity index (χ4n) is 8.11. The third-order valence-electron chi connectivity index (χ3n) is 10.8. The van der Waals surface area contributed by atoms with Crippen molar-refractivity contribution in [2.45, 2.75) is 0 Å². The van der Waals surface area contributed by atoms with Crippen LogP contribution in [0.5, 0.6) is 0 Å². The second-order valence-electron chi connectivity index (χ2n) is 13.9. The molecule has 3 nitrogen and oxygen atoms in total. The van der Waals surface area contributed by atoms with E-state index in [0.29, 0.717) is 0 Å². The Kier molecular flexibility index (Phi) is 6.55. The highest BCUT2D eigenvalue weighted by Gasteiger charge is 2.16. The minimum Gasteiger partial charge on any atom is -0.309 e. The molecule has 3 aromatic heterocycles. The lowest BCUT2D eigenvalue weighted by atomic mass is 9.97. The number of benzene rings is 8. The number of para-hydroxylation sites is 2. The summed E-state index contributed by atoms with van der Waals surface area (Å²) >= 11 is 0. The van der Waals surface area contributed by atoms with E-state index < -0.39 is 0 Å². The molecular formula is C50H31N3. The predicted octanol–water partition coefficient (Wildman–Crippen LogP) is 13.2. The molecule has 53 heavy (non-hydrogen) atoms. The number of rotatable bonds is 4. The predicted molar refractivity (Wildman–Crippen MR) is 223 cm³/mol. The van der Waals surface area contributed by atoms with Crippen molar-refractivity contribution >= 4 is 65.2 Å². The first-order chi connectivity index (χ1) is 26.2. The Hall–Kier alpha value is -7.10. The van der Waals surface area contributed by atoms with Gasteiger partial charge in [0.25, 0.3) is 0 Å². The molecule has 0 radical (unpaired) electrons. The van der Waals surface area contributed by atoms with Crippen molar-refractivity contribution in [2.24, 2.45) is 0 Å². The Morgan fingerprint density at radius 3 is 1.42 bits per heavy atom. The van der Waals surface area contributed by atoms with E-state index in [9.17, 15) is 0 Å². The summed E-state index contributed by atoms with van der Waals surface area (Å²) < 4.78 is 2.39. The summed E-state index contributed by atoms with van der Waals surface area (Å²) in [5, 5.41) is 9.77. The highest BCUT2D eigenvalue weighted by atomic mass is 15.0. The Balaban J connectivity index is 1.06. The molecule has 3 heterocycles. The molecule has 0 aliphatic carbocycles. The minimum absolute atomic E-state index is 1.00. The van der Waals surface area contributed by atoms with Crippen molar-refractivity contribution in [1.82, 2.24) is 14.5 Å². The summed E-state index contributed by atoms with van der Waals surface area (Å²) in [5.74, 6) is 0. The summed E-state index contributed by atoms with van der Waals surface area (Å²) in [4.78, 5) is 9.56. The first kappa shape index (κ1) is 29.6. The number of hydrogen-bond acceptors (Lipinski definition) is 2. The molecule has 0 unspecified atom stereocenters. The van der Waals surface area contributed by atoms with Crippen LogP contribution < -0.4 is 0 Å². The zero-order chi connectivity index (χ0) is 34.9. The van der Waals surface area contributed by atoms with E-state index in [4.69, 9.17) is 9.97 Å². The second-order valence-corrected chi connectivity index (χ2v) is 13.9. The molecule has 0 amide bonds. The van der Waals surface area contributed by atoms with E-state index >= 15 is 0 Å². The van der Waals surface area contributed by atoms with Gasteiger partial charge in [-0.15, -0.1) is 0 Å². The Labute approximate surface area is 306 Å². The Morgan fingerprint density at radius 1 is 0.302 bits per heavy atom. The van der Waals surface area contributed by atoms with Gasteiger partial charge in [-0.25, -0.2) is 0 Å². The van der Waals surface area contributed by atoms with E-state index in [1.807, 2.05) is 24.5 Å². The standard InChI is InChI=1S/C50H31N3/c1-4-10-43-33(7-1)13-14-37-25-34(17-22-44(37)43)32-15-20-42(21-16-32)53-49-23-18-35(40-26-38-8-2-5-11-47(38)51-30-40)28-45(49)46-29-36(19-24-50(46)53)41-27-39-9-3-6-12-48(39)52-31-41/h1-31H. The van der Waals surface area contributed by atoms with Crippen LogP contribution in [0.2, 0.25) is 0 Å². The molecule has 0 aliphatic rings. The van der Waals surface area contributed by atoms with Crippen molar-refractivity contribution in [3.8, 4) is 39.1 Å². The van der Waals surface area contributed by atoms with Crippen LogP contribution in [-0.2, 0) is 0 Å². The monoisotopic (exact) mass is 673 g/mol. The third kappa shape index (κ3) is 4.90. The molecule has 0 fully saturated rings. The quantitative estimate of drug-likeness (QED) is 0.174. The van der Waals surface area contributed by atoms with Crippen LogP contribution in [-0.4, -0.2) is 14.5 Å². The van der Waals surface area contributed by atoms with Crippen LogP contribution in [0.4, 0.5) is 0 Å². The van der Waals surface area contributed by atoms with Gasteiger partial charge in [-0.05, 0) is 111 Å². The number of hydrogen-bond donors (Lipinski definition) is 0. The van der Waals surface area contributed by atoms with Gasteiger partial charge in [-0.1, -0.05) is 109 Å². The van der Waals surface area contributed by atoms with E-state index in [2.05, 4.69) is 168 Å². The molecule has 11 aromatic rings. The number of aromatic nitrogens is 3. The van der Waals surface area contributed by atoms with E-state index in [1.54, 1.807) is 0 Å². The van der Waals surface area contributed by atoms with Crippen molar-refractivity contribution in [2.75, 3.05) is 0 Å². The lowest BCUT2D eigenvalue weighted by molar-refractivity contribution is 1.18. The van der Waals surface area contributed by atoms with Crippen LogP contribution in [0.1, 0.15) is 0 Å². The SMILES string of the molecule is c1ccc2ncc(-c3ccc4c(c3)c3cc(-c5cnc6ccccc6c5)ccc3n4-c3ccc(-c4ccc5c(ccc6ccccc65)c4)cc3)cc2c1. The van der Waals surface area contributed by atoms with Gasteiger partial charge >= 0.3 is 0 Å². The van der Waals surface area contributed by atoms with Crippen molar-refractivity contribution < 1.29 is 0 Å². The topological polar surface area (TPSA) is 30.7 Å². The highest BCUT2D eigenvalue weighted by Crippen LogP contribution is 2.38. The van der Waals surface area contributed by atoms with Crippen LogP contribution in [0.25, 0.3) is 104 Å². The summed E-state index contributed by atoms with van der Waals surface area (Å²) in [7, 11) is 0. The Morgan fingerprint density at radius 2 is 0.774 bits per heavy atom. The van der Waals surface area contributed by atoms with Gasteiger partial charge < -0.3 is 4.57 Å². The smallest absolute Gasteiger partial charge is 0.0702 e. The number of pyridine rings is 2. The molecule has 11 rings (SSSR count). The van der Waals surface area contributed by atoms with Gasteiger partial charge in [-0.3, -0.25) is 9.97 Å². The van der Waals surface area contributed by atoms with Gasteiger partial charge in [0.15, 0.2) is 0 Å². The molecular weight excluding hydrogens is 643 g/mol. The number of fused-ring (bicyclic) bond motifs is 8. The largest absolute Gasteiger partial charge is 0.309 e. The maximum atomic E-state index is 4.78. The summed E-state index contributed by atoms with van der Waals surface area (Å²) in [6.07, 6.45) is 3.98. The molecule has 0 bridgehead atoms. The van der Waals surface area contributed by atoms with Gasteiger partial charge in [-0.2, -0.15) is 0 Å². The van der Waals surface area contributed by atoms with Crippen molar-refractivity contribution in [3.63, 3.8) is 0 Å². The molecule has 0 saturated carbocycles.